The first-order chi connectivity index (χ1) is 42.6. The number of carbonyl (C=O) groups excluding carboxylic acids is 4. The van der Waals surface area contributed by atoms with Crippen molar-refractivity contribution in [3.63, 3.8) is 0 Å². The molecule has 3 N–H and O–H groups in total. The number of esters is 4. The maximum atomic E-state index is 13.0. The Labute approximate surface area is 543 Å². The molecule has 0 spiro atoms. The summed E-state index contributed by atoms with van der Waals surface area (Å²) in [7, 11) is -9.90. The summed E-state index contributed by atoms with van der Waals surface area (Å²) in [5, 5.41) is 10.6. The third-order valence-electron chi connectivity index (χ3n) is 16.4. The largest absolute Gasteiger partial charge is 0.472 e. The van der Waals surface area contributed by atoms with Crippen molar-refractivity contribution in [3.8, 4) is 0 Å². The fourth-order valence-electron chi connectivity index (χ4n) is 10.5. The van der Waals surface area contributed by atoms with Crippen LogP contribution in [0, 0.1) is 23.7 Å². The van der Waals surface area contributed by atoms with Crippen LogP contribution >= 0.6 is 15.6 Å². The van der Waals surface area contributed by atoms with Crippen molar-refractivity contribution in [2.45, 2.75) is 363 Å². The number of ether oxygens (including phenoxy) is 4. The average molecular weight is 1310 g/mol. The van der Waals surface area contributed by atoms with Crippen LogP contribution in [0.1, 0.15) is 344 Å². The topological polar surface area (TPSA) is 237 Å². The van der Waals surface area contributed by atoms with E-state index in [0.29, 0.717) is 25.7 Å². The molecule has 0 fully saturated rings. The predicted molar refractivity (Wildman–Crippen MR) is 358 cm³/mol. The van der Waals surface area contributed by atoms with E-state index in [9.17, 15) is 43.2 Å². The number of aliphatic hydroxyl groups excluding tert-OH is 1. The summed E-state index contributed by atoms with van der Waals surface area (Å²) in [5.74, 6) is 0.855. The molecule has 0 aromatic heterocycles. The van der Waals surface area contributed by atoms with Crippen LogP contribution < -0.4 is 0 Å². The maximum Gasteiger partial charge on any atom is 0.472 e. The summed E-state index contributed by atoms with van der Waals surface area (Å²) in [5.41, 5.74) is 0. The van der Waals surface area contributed by atoms with Gasteiger partial charge in [0.15, 0.2) is 12.2 Å². The van der Waals surface area contributed by atoms with Crippen LogP contribution in [0.3, 0.4) is 0 Å². The van der Waals surface area contributed by atoms with E-state index in [1.165, 1.54) is 141 Å². The van der Waals surface area contributed by atoms with Gasteiger partial charge in [-0.2, -0.15) is 0 Å². The summed E-state index contributed by atoms with van der Waals surface area (Å²) in [6, 6.07) is 0. The first kappa shape index (κ1) is 87.1. The first-order valence-electron chi connectivity index (χ1n) is 36.2. The molecule has 0 aliphatic heterocycles. The smallest absolute Gasteiger partial charge is 0.462 e. The minimum atomic E-state index is -4.95. The molecule has 0 aromatic rings. The molecule has 3 unspecified atom stereocenters. The predicted octanol–water partition coefficient (Wildman–Crippen LogP) is 19.7. The standard InChI is InChI=1S/C70H136O17P2/c1-9-63(8)49-41-33-28-29-35-43-51-68(73)81-57-66(87-69(74)52-44-36-26-18-13-11-10-12-16-22-30-38-46-60(2)3)59-85-89(78,79)83-55-64(71)54-82-88(76,77)84-58-65(56-80-67(72)50-42-34-25-21-20-24-32-40-48-62(6)7)86-70(75)53-45-37-27-19-15-14-17-23-31-39-47-61(4)5/h60-66,71H,9-59H2,1-8H3,(H,76,77)(H,78,79)/t63?,64-,65-,66-/m1/s1. The van der Waals surface area contributed by atoms with E-state index in [1.54, 1.807) is 0 Å². The van der Waals surface area contributed by atoms with Crippen LogP contribution in [0.25, 0.3) is 0 Å². The number of rotatable bonds is 67. The highest BCUT2D eigenvalue weighted by atomic mass is 31.2. The van der Waals surface area contributed by atoms with Gasteiger partial charge in [-0.25, -0.2) is 9.13 Å². The van der Waals surface area contributed by atoms with Crippen molar-refractivity contribution in [2.24, 2.45) is 23.7 Å². The molecule has 89 heavy (non-hydrogen) atoms. The lowest BCUT2D eigenvalue weighted by molar-refractivity contribution is -0.161. The lowest BCUT2D eigenvalue weighted by Gasteiger charge is -2.21. The van der Waals surface area contributed by atoms with E-state index in [1.807, 2.05) is 0 Å². The van der Waals surface area contributed by atoms with Gasteiger partial charge in [0.1, 0.15) is 19.3 Å². The second-order valence-electron chi connectivity index (χ2n) is 26.9. The third-order valence-corrected chi connectivity index (χ3v) is 18.3. The van der Waals surface area contributed by atoms with E-state index in [2.05, 4.69) is 55.4 Å². The Hall–Kier alpha value is -1.94. The van der Waals surface area contributed by atoms with Gasteiger partial charge in [0.05, 0.1) is 26.4 Å². The van der Waals surface area contributed by atoms with Gasteiger partial charge in [-0.05, 0) is 49.4 Å². The maximum absolute atomic E-state index is 13.0. The van der Waals surface area contributed by atoms with Crippen LogP contribution in [-0.4, -0.2) is 96.7 Å². The number of carbonyl (C=O) groups is 4. The van der Waals surface area contributed by atoms with E-state index in [-0.39, 0.29) is 25.7 Å². The molecule has 0 radical (unpaired) electrons. The summed E-state index contributed by atoms with van der Waals surface area (Å²) >= 11 is 0. The molecule has 0 aromatic carbocycles. The van der Waals surface area contributed by atoms with E-state index in [4.69, 9.17) is 37.0 Å². The van der Waals surface area contributed by atoms with Crippen LogP contribution in [0.4, 0.5) is 0 Å². The lowest BCUT2D eigenvalue weighted by Crippen LogP contribution is -2.30. The lowest BCUT2D eigenvalue weighted by atomic mass is 10.00. The zero-order valence-corrected chi connectivity index (χ0v) is 59.8. The van der Waals surface area contributed by atoms with Gasteiger partial charge in [0.25, 0.3) is 0 Å². The molecule has 0 aliphatic carbocycles. The number of hydrogen-bond acceptors (Lipinski definition) is 15. The molecule has 19 heteroatoms. The van der Waals surface area contributed by atoms with Crippen LogP contribution in [0.5, 0.6) is 0 Å². The van der Waals surface area contributed by atoms with Crippen LogP contribution in [0.15, 0.2) is 0 Å². The fraction of sp³-hybridized carbons (Fsp3) is 0.943. The Morgan fingerprint density at radius 2 is 0.539 bits per heavy atom. The number of hydrogen-bond donors (Lipinski definition) is 3. The number of phosphoric acid groups is 2. The van der Waals surface area contributed by atoms with Gasteiger partial charge in [-0.3, -0.25) is 37.3 Å². The molecule has 528 valence electrons. The zero-order chi connectivity index (χ0) is 66.1. The second-order valence-corrected chi connectivity index (χ2v) is 29.8. The van der Waals surface area contributed by atoms with E-state index >= 15 is 0 Å². The highest BCUT2D eigenvalue weighted by Crippen LogP contribution is 2.45. The molecule has 0 saturated carbocycles. The van der Waals surface area contributed by atoms with Gasteiger partial charge >= 0.3 is 39.5 Å². The SMILES string of the molecule is CCC(C)CCCCCCCCC(=O)OC[C@H](COP(=O)(O)OC[C@H](O)COP(=O)(O)OC[C@@H](COC(=O)CCCCCCCCCCC(C)C)OC(=O)CCCCCCCCCCCCC(C)C)OC(=O)CCCCCCCCCCCCCCC(C)C. The van der Waals surface area contributed by atoms with Crippen molar-refractivity contribution in [3.05, 3.63) is 0 Å². The third kappa shape index (κ3) is 63.2. The zero-order valence-electron chi connectivity index (χ0n) is 58.1. The molecule has 0 saturated heterocycles. The van der Waals surface area contributed by atoms with Gasteiger partial charge in [-0.1, -0.05) is 293 Å². The first-order valence-corrected chi connectivity index (χ1v) is 39.2. The minimum absolute atomic E-state index is 0.105. The Kier molecular flexibility index (Phi) is 58.5. The monoisotopic (exact) mass is 1310 g/mol. The molecule has 17 nitrogen and oxygen atoms in total. The quantitative estimate of drug-likeness (QED) is 0.0222. The highest BCUT2D eigenvalue weighted by Gasteiger charge is 2.30. The normalized spacial score (nSPS) is 14.6. The molecular formula is C70H136O17P2. The Morgan fingerprint density at radius 1 is 0.315 bits per heavy atom. The van der Waals surface area contributed by atoms with Crippen molar-refractivity contribution in [2.75, 3.05) is 39.6 Å². The van der Waals surface area contributed by atoms with Gasteiger partial charge in [-0.15, -0.1) is 0 Å². The molecule has 0 aliphatic rings. The number of unbranched alkanes of at least 4 members (excludes halogenated alkanes) is 32. The molecule has 0 amide bonds. The summed E-state index contributed by atoms with van der Waals surface area (Å²) < 4.78 is 68.3. The highest BCUT2D eigenvalue weighted by molar-refractivity contribution is 7.47. The molecular weight excluding hydrogens is 1170 g/mol. The van der Waals surface area contributed by atoms with E-state index < -0.39 is 97.5 Å². The van der Waals surface area contributed by atoms with Crippen molar-refractivity contribution < 1.29 is 80.2 Å². The van der Waals surface area contributed by atoms with Crippen LogP contribution in [-0.2, 0) is 65.4 Å². The van der Waals surface area contributed by atoms with E-state index in [0.717, 1.165) is 120 Å². The van der Waals surface area contributed by atoms with Crippen LogP contribution in [0.2, 0.25) is 0 Å². The Balaban J connectivity index is 5.26. The average Bonchev–Trinajstić information content (AvgIpc) is 3.70. The van der Waals surface area contributed by atoms with Crippen molar-refractivity contribution in [1.82, 2.24) is 0 Å². The number of phosphoric ester groups is 2. The summed E-state index contributed by atoms with van der Waals surface area (Å²) in [4.78, 5) is 72.5. The molecule has 0 rings (SSSR count). The Morgan fingerprint density at radius 3 is 0.798 bits per heavy atom. The second kappa shape index (κ2) is 59.8. The van der Waals surface area contributed by atoms with Crippen molar-refractivity contribution >= 4 is 39.5 Å². The molecule has 0 heterocycles. The van der Waals surface area contributed by atoms with Gasteiger partial charge in [0, 0.05) is 25.7 Å². The molecule has 0 bridgehead atoms. The molecule has 6 atom stereocenters. The Bertz CT molecular complexity index is 1770. The summed E-state index contributed by atoms with van der Waals surface area (Å²) in [6.07, 6.45) is 41.7. The van der Waals surface area contributed by atoms with Gasteiger partial charge < -0.3 is 33.8 Å². The summed E-state index contributed by atoms with van der Waals surface area (Å²) in [6.45, 7) is 14.1. The number of aliphatic hydroxyl groups is 1. The van der Waals surface area contributed by atoms with Gasteiger partial charge in [0.2, 0.25) is 0 Å². The van der Waals surface area contributed by atoms with Crippen molar-refractivity contribution in [1.29, 1.82) is 0 Å². The fourth-order valence-corrected chi connectivity index (χ4v) is 12.0. The minimum Gasteiger partial charge on any atom is -0.462 e.